The number of amides is 1. The van der Waals surface area contributed by atoms with Crippen LogP contribution < -0.4 is 0 Å². The fourth-order valence-electron chi connectivity index (χ4n) is 3.25. The molecule has 120 valence electrons. The zero-order valence-electron chi connectivity index (χ0n) is 13.3. The SMILES string of the molecule is O=C(c1ccncc1)N1CCC(c2ccc3cccnc3n2)CC1. The molecule has 0 bridgehead atoms. The van der Waals surface area contributed by atoms with Crippen LogP contribution in [0.3, 0.4) is 0 Å². The summed E-state index contributed by atoms with van der Waals surface area (Å²) in [7, 11) is 0. The van der Waals surface area contributed by atoms with Gasteiger partial charge in [0.05, 0.1) is 0 Å². The molecular weight excluding hydrogens is 300 g/mol. The molecule has 0 radical (unpaired) electrons. The van der Waals surface area contributed by atoms with Gasteiger partial charge in [-0.1, -0.05) is 0 Å². The number of pyridine rings is 3. The maximum Gasteiger partial charge on any atom is 0.253 e. The molecule has 3 aromatic rings. The second-order valence-electron chi connectivity index (χ2n) is 6.09. The van der Waals surface area contributed by atoms with E-state index in [-0.39, 0.29) is 5.91 Å². The lowest BCUT2D eigenvalue weighted by atomic mass is 9.92. The number of nitrogens with zero attached hydrogens (tertiary/aromatic N) is 4. The quantitative estimate of drug-likeness (QED) is 0.728. The minimum absolute atomic E-state index is 0.0870. The number of hydrogen-bond acceptors (Lipinski definition) is 4. The Hall–Kier alpha value is -2.82. The predicted molar refractivity (Wildman–Crippen MR) is 91.7 cm³/mol. The van der Waals surface area contributed by atoms with Crippen LogP contribution in [-0.2, 0) is 0 Å². The van der Waals surface area contributed by atoms with Gasteiger partial charge in [-0.2, -0.15) is 0 Å². The Bertz CT molecular complexity index is 857. The van der Waals surface area contributed by atoms with Crippen molar-refractivity contribution in [3.05, 3.63) is 66.2 Å². The molecule has 0 aliphatic carbocycles. The number of likely N-dealkylation sites (tertiary alicyclic amines) is 1. The fourth-order valence-corrected chi connectivity index (χ4v) is 3.25. The molecule has 1 amide bonds. The van der Waals surface area contributed by atoms with E-state index in [1.165, 1.54) is 0 Å². The van der Waals surface area contributed by atoms with E-state index >= 15 is 0 Å². The summed E-state index contributed by atoms with van der Waals surface area (Å²) < 4.78 is 0. The summed E-state index contributed by atoms with van der Waals surface area (Å²) in [4.78, 5) is 27.4. The first kappa shape index (κ1) is 14.8. The molecule has 0 spiro atoms. The number of hydrogen-bond donors (Lipinski definition) is 0. The lowest BCUT2D eigenvalue weighted by Crippen LogP contribution is -2.38. The lowest BCUT2D eigenvalue weighted by molar-refractivity contribution is 0.0712. The van der Waals surface area contributed by atoms with Gasteiger partial charge in [0, 0.05) is 54.2 Å². The highest BCUT2D eigenvalue weighted by atomic mass is 16.2. The van der Waals surface area contributed by atoms with Gasteiger partial charge in [0.25, 0.3) is 5.91 Å². The Kier molecular flexibility index (Phi) is 3.91. The van der Waals surface area contributed by atoms with Crippen molar-refractivity contribution in [2.45, 2.75) is 18.8 Å². The topological polar surface area (TPSA) is 59.0 Å². The predicted octanol–water partition coefficient (Wildman–Crippen LogP) is 3.04. The summed E-state index contributed by atoms with van der Waals surface area (Å²) in [6.45, 7) is 1.52. The van der Waals surface area contributed by atoms with Crippen LogP contribution in [0.25, 0.3) is 11.0 Å². The average molecular weight is 318 g/mol. The Labute approximate surface area is 140 Å². The highest BCUT2D eigenvalue weighted by molar-refractivity contribution is 5.94. The van der Waals surface area contributed by atoms with E-state index in [9.17, 15) is 4.79 Å². The number of rotatable bonds is 2. The highest BCUT2D eigenvalue weighted by Crippen LogP contribution is 2.28. The van der Waals surface area contributed by atoms with Crippen LogP contribution in [0.15, 0.2) is 55.0 Å². The van der Waals surface area contributed by atoms with Crippen molar-refractivity contribution in [3.63, 3.8) is 0 Å². The number of aromatic nitrogens is 3. The number of carbonyl (C=O) groups excluding carboxylic acids is 1. The Morgan fingerprint density at radius 2 is 1.79 bits per heavy atom. The van der Waals surface area contributed by atoms with Crippen LogP contribution in [0.5, 0.6) is 0 Å². The van der Waals surface area contributed by atoms with Gasteiger partial charge in [0.15, 0.2) is 5.65 Å². The molecule has 0 saturated carbocycles. The van der Waals surface area contributed by atoms with Gasteiger partial charge >= 0.3 is 0 Å². The summed E-state index contributed by atoms with van der Waals surface area (Å²) in [6.07, 6.45) is 6.96. The molecule has 1 aliphatic rings. The van der Waals surface area contributed by atoms with Crippen LogP contribution in [-0.4, -0.2) is 38.8 Å². The molecule has 0 aromatic carbocycles. The standard InChI is InChI=1S/C19H18N4O/c24-19(16-5-10-20-11-6-16)23-12-7-14(8-13-23)17-4-3-15-2-1-9-21-18(15)22-17/h1-6,9-11,14H,7-8,12-13H2. The summed E-state index contributed by atoms with van der Waals surface area (Å²) in [5.41, 5.74) is 2.58. The molecule has 24 heavy (non-hydrogen) atoms. The summed E-state index contributed by atoms with van der Waals surface area (Å²) in [5.74, 6) is 0.474. The minimum atomic E-state index is 0.0870. The van der Waals surface area contributed by atoms with Gasteiger partial charge in [0.2, 0.25) is 0 Å². The molecule has 0 atom stereocenters. The molecule has 1 aliphatic heterocycles. The van der Waals surface area contributed by atoms with E-state index in [0.717, 1.165) is 42.7 Å². The molecule has 5 heteroatoms. The van der Waals surface area contributed by atoms with Gasteiger partial charge in [0.1, 0.15) is 0 Å². The second-order valence-corrected chi connectivity index (χ2v) is 6.09. The van der Waals surface area contributed by atoms with Crippen molar-refractivity contribution >= 4 is 16.9 Å². The first-order valence-electron chi connectivity index (χ1n) is 8.22. The smallest absolute Gasteiger partial charge is 0.253 e. The van der Waals surface area contributed by atoms with Crippen molar-refractivity contribution in [2.75, 3.05) is 13.1 Å². The molecule has 5 nitrogen and oxygen atoms in total. The third-order valence-electron chi connectivity index (χ3n) is 4.61. The van der Waals surface area contributed by atoms with Crippen molar-refractivity contribution < 1.29 is 4.79 Å². The van der Waals surface area contributed by atoms with Crippen molar-refractivity contribution in [3.8, 4) is 0 Å². The minimum Gasteiger partial charge on any atom is -0.339 e. The van der Waals surface area contributed by atoms with E-state index in [1.807, 2.05) is 17.0 Å². The average Bonchev–Trinajstić information content (AvgIpc) is 2.68. The summed E-state index contributed by atoms with van der Waals surface area (Å²) in [6, 6.07) is 11.7. The van der Waals surface area contributed by atoms with Crippen molar-refractivity contribution in [1.82, 2.24) is 19.9 Å². The molecular formula is C19H18N4O. The summed E-state index contributed by atoms with van der Waals surface area (Å²) in [5, 5.41) is 1.06. The fraction of sp³-hybridized carbons (Fsp3) is 0.263. The highest BCUT2D eigenvalue weighted by Gasteiger charge is 2.25. The van der Waals surface area contributed by atoms with Gasteiger partial charge in [-0.05, 0) is 49.2 Å². The number of piperidine rings is 1. The normalized spacial score (nSPS) is 15.6. The van der Waals surface area contributed by atoms with E-state index in [0.29, 0.717) is 11.5 Å². The molecule has 1 saturated heterocycles. The molecule has 0 unspecified atom stereocenters. The third kappa shape index (κ3) is 2.85. The van der Waals surface area contributed by atoms with Gasteiger partial charge in [-0.3, -0.25) is 9.78 Å². The Balaban J connectivity index is 1.46. The monoisotopic (exact) mass is 318 g/mol. The van der Waals surface area contributed by atoms with Gasteiger partial charge in [-0.15, -0.1) is 0 Å². The van der Waals surface area contributed by atoms with Crippen LogP contribution in [0.2, 0.25) is 0 Å². The third-order valence-corrected chi connectivity index (χ3v) is 4.61. The molecule has 4 rings (SSSR count). The lowest BCUT2D eigenvalue weighted by Gasteiger charge is -2.31. The first-order chi connectivity index (χ1) is 11.8. The van der Waals surface area contributed by atoms with Crippen LogP contribution >= 0.6 is 0 Å². The number of carbonyl (C=O) groups is 1. The van der Waals surface area contributed by atoms with Crippen LogP contribution in [0, 0.1) is 0 Å². The zero-order chi connectivity index (χ0) is 16.4. The second kappa shape index (κ2) is 6.35. The Morgan fingerprint density at radius 3 is 2.58 bits per heavy atom. The molecule has 1 fully saturated rings. The van der Waals surface area contributed by atoms with Crippen LogP contribution in [0.4, 0.5) is 0 Å². The van der Waals surface area contributed by atoms with Crippen LogP contribution in [0.1, 0.15) is 34.8 Å². The van der Waals surface area contributed by atoms with Crippen molar-refractivity contribution in [2.24, 2.45) is 0 Å². The van der Waals surface area contributed by atoms with Gasteiger partial charge < -0.3 is 4.90 Å². The van der Waals surface area contributed by atoms with E-state index < -0.39 is 0 Å². The van der Waals surface area contributed by atoms with E-state index in [4.69, 9.17) is 4.98 Å². The zero-order valence-corrected chi connectivity index (χ0v) is 13.3. The maximum atomic E-state index is 12.5. The number of fused-ring (bicyclic) bond motifs is 1. The van der Waals surface area contributed by atoms with E-state index in [1.54, 1.807) is 30.7 Å². The maximum absolute atomic E-state index is 12.5. The summed E-state index contributed by atoms with van der Waals surface area (Å²) >= 11 is 0. The van der Waals surface area contributed by atoms with Crippen molar-refractivity contribution in [1.29, 1.82) is 0 Å². The first-order valence-corrected chi connectivity index (χ1v) is 8.22. The molecule has 3 aromatic heterocycles. The molecule has 0 N–H and O–H groups in total. The Morgan fingerprint density at radius 1 is 1.00 bits per heavy atom. The largest absolute Gasteiger partial charge is 0.339 e. The molecule has 4 heterocycles. The van der Waals surface area contributed by atoms with E-state index in [2.05, 4.69) is 22.1 Å². The van der Waals surface area contributed by atoms with Gasteiger partial charge in [-0.25, -0.2) is 9.97 Å².